The number of carbonyl (C=O) groups excluding carboxylic acids is 1. The summed E-state index contributed by atoms with van der Waals surface area (Å²) in [6, 6.07) is 8.07. The maximum absolute atomic E-state index is 12.5. The molecule has 2 aliphatic heterocycles. The van der Waals surface area contributed by atoms with Crippen LogP contribution >= 0.6 is 11.6 Å². The van der Waals surface area contributed by atoms with Crippen molar-refractivity contribution in [1.29, 1.82) is 0 Å². The monoisotopic (exact) mass is 402 g/mol. The van der Waals surface area contributed by atoms with E-state index in [1.54, 1.807) is 0 Å². The molecule has 1 N–H and O–H groups in total. The predicted octanol–water partition coefficient (Wildman–Crippen LogP) is 1.53. The molecule has 1 aromatic carbocycles. The molecular formula is C20H27ClN6O. The van der Waals surface area contributed by atoms with Gasteiger partial charge in [0.1, 0.15) is 5.82 Å². The number of aromatic nitrogens is 3. The minimum absolute atomic E-state index is 0.132. The SMILES string of the molecule is CN(C)CCNC(=O)c1nnc2n1CC1CN(Cc3cccc(Cl)c3)CC1C2. The van der Waals surface area contributed by atoms with Crippen LogP contribution < -0.4 is 5.32 Å². The summed E-state index contributed by atoms with van der Waals surface area (Å²) >= 11 is 6.12. The van der Waals surface area contributed by atoms with Gasteiger partial charge in [-0.1, -0.05) is 23.7 Å². The topological polar surface area (TPSA) is 66.3 Å². The van der Waals surface area contributed by atoms with Crippen LogP contribution in [0.15, 0.2) is 24.3 Å². The predicted molar refractivity (Wildman–Crippen MR) is 108 cm³/mol. The number of carbonyl (C=O) groups is 1. The number of halogens is 1. The van der Waals surface area contributed by atoms with Crippen molar-refractivity contribution in [2.75, 3.05) is 40.3 Å². The highest BCUT2D eigenvalue weighted by molar-refractivity contribution is 6.30. The zero-order valence-corrected chi connectivity index (χ0v) is 17.2. The Morgan fingerprint density at radius 3 is 2.86 bits per heavy atom. The molecule has 0 radical (unpaired) electrons. The number of rotatable bonds is 6. The lowest BCUT2D eigenvalue weighted by molar-refractivity contribution is 0.0932. The van der Waals surface area contributed by atoms with Crippen molar-refractivity contribution in [1.82, 2.24) is 29.9 Å². The molecule has 0 bridgehead atoms. The molecule has 7 nitrogen and oxygen atoms in total. The molecule has 4 rings (SSSR count). The zero-order chi connectivity index (χ0) is 19.7. The average molecular weight is 403 g/mol. The summed E-state index contributed by atoms with van der Waals surface area (Å²) in [4.78, 5) is 17.0. The number of benzene rings is 1. The number of nitrogens with zero attached hydrogens (tertiary/aromatic N) is 5. The van der Waals surface area contributed by atoms with Gasteiger partial charge in [0.05, 0.1) is 0 Å². The Labute approximate surface area is 170 Å². The van der Waals surface area contributed by atoms with E-state index in [4.69, 9.17) is 11.6 Å². The highest BCUT2D eigenvalue weighted by Crippen LogP contribution is 2.33. The van der Waals surface area contributed by atoms with Crippen molar-refractivity contribution in [3.05, 3.63) is 46.5 Å². The summed E-state index contributed by atoms with van der Waals surface area (Å²) < 4.78 is 2.02. The average Bonchev–Trinajstić information content (AvgIpc) is 3.21. The lowest BCUT2D eigenvalue weighted by Crippen LogP contribution is -2.35. The molecule has 28 heavy (non-hydrogen) atoms. The highest BCUT2D eigenvalue weighted by Gasteiger charge is 2.39. The first kappa shape index (κ1) is 19.4. The van der Waals surface area contributed by atoms with E-state index in [1.807, 2.05) is 41.8 Å². The molecule has 1 fully saturated rings. The number of likely N-dealkylation sites (tertiary alicyclic amines) is 1. The van der Waals surface area contributed by atoms with Gasteiger partial charge < -0.3 is 14.8 Å². The molecule has 1 saturated heterocycles. The molecule has 0 saturated carbocycles. The highest BCUT2D eigenvalue weighted by atomic mass is 35.5. The Balaban J connectivity index is 1.39. The Bertz CT molecular complexity index is 851. The molecule has 2 unspecified atom stereocenters. The second-order valence-electron chi connectivity index (χ2n) is 8.16. The summed E-state index contributed by atoms with van der Waals surface area (Å²) in [5.74, 6) is 2.34. The van der Waals surface area contributed by atoms with Gasteiger partial charge in [-0.25, -0.2) is 0 Å². The van der Waals surface area contributed by atoms with Crippen molar-refractivity contribution < 1.29 is 4.79 Å². The van der Waals surface area contributed by atoms with E-state index in [-0.39, 0.29) is 5.91 Å². The molecule has 2 atom stereocenters. The molecule has 3 heterocycles. The lowest BCUT2D eigenvalue weighted by atomic mass is 9.89. The van der Waals surface area contributed by atoms with E-state index in [9.17, 15) is 4.79 Å². The van der Waals surface area contributed by atoms with Gasteiger partial charge in [0.15, 0.2) is 0 Å². The van der Waals surface area contributed by atoms with Gasteiger partial charge in [-0.05, 0) is 43.6 Å². The molecule has 2 aliphatic rings. The third kappa shape index (κ3) is 4.21. The van der Waals surface area contributed by atoms with Crippen LogP contribution in [0.4, 0.5) is 0 Å². The number of fused-ring (bicyclic) bond motifs is 2. The molecule has 1 amide bonds. The van der Waals surface area contributed by atoms with Crippen molar-refractivity contribution >= 4 is 17.5 Å². The fourth-order valence-corrected chi connectivity index (χ4v) is 4.50. The Morgan fingerprint density at radius 2 is 2.07 bits per heavy atom. The molecule has 150 valence electrons. The van der Waals surface area contributed by atoms with E-state index in [2.05, 4.69) is 26.5 Å². The Hall–Kier alpha value is -1.96. The summed E-state index contributed by atoms with van der Waals surface area (Å²) in [5, 5.41) is 12.2. The second kappa shape index (κ2) is 8.19. The van der Waals surface area contributed by atoms with Crippen LogP contribution in [0.25, 0.3) is 0 Å². The number of hydrogen-bond acceptors (Lipinski definition) is 5. The van der Waals surface area contributed by atoms with E-state index in [0.29, 0.717) is 24.2 Å². The van der Waals surface area contributed by atoms with Crippen LogP contribution in [-0.2, 0) is 19.5 Å². The van der Waals surface area contributed by atoms with Crippen molar-refractivity contribution in [3.8, 4) is 0 Å². The Kier molecular flexibility index (Phi) is 5.66. The molecule has 1 aromatic heterocycles. The first-order valence-corrected chi connectivity index (χ1v) is 10.2. The normalized spacial score (nSPS) is 21.6. The molecule has 2 aromatic rings. The third-order valence-corrected chi connectivity index (χ3v) is 5.92. The van der Waals surface area contributed by atoms with E-state index in [1.165, 1.54) is 5.56 Å². The van der Waals surface area contributed by atoms with Crippen molar-refractivity contribution in [3.63, 3.8) is 0 Å². The summed E-state index contributed by atoms with van der Waals surface area (Å²) in [5.41, 5.74) is 1.24. The largest absolute Gasteiger partial charge is 0.348 e. The van der Waals surface area contributed by atoms with E-state index < -0.39 is 0 Å². The fourth-order valence-electron chi connectivity index (χ4n) is 4.28. The number of hydrogen-bond donors (Lipinski definition) is 1. The van der Waals surface area contributed by atoms with Crippen LogP contribution in [0.3, 0.4) is 0 Å². The number of likely N-dealkylation sites (N-methyl/N-ethyl adjacent to an activating group) is 1. The van der Waals surface area contributed by atoms with Gasteiger partial charge in [-0.3, -0.25) is 9.69 Å². The number of amides is 1. The summed E-state index contributed by atoms with van der Waals surface area (Å²) in [6.07, 6.45) is 0.884. The van der Waals surface area contributed by atoms with E-state index in [0.717, 1.165) is 50.0 Å². The van der Waals surface area contributed by atoms with E-state index >= 15 is 0 Å². The summed E-state index contributed by atoms with van der Waals surface area (Å²) in [6.45, 7) is 5.20. The summed E-state index contributed by atoms with van der Waals surface area (Å²) in [7, 11) is 3.97. The van der Waals surface area contributed by atoms with Gasteiger partial charge in [0, 0.05) is 50.7 Å². The van der Waals surface area contributed by atoms with Gasteiger partial charge in [0.2, 0.25) is 5.82 Å². The van der Waals surface area contributed by atoms with Crippen LogP contribution in [0, 0.1) is 11.8 Å². The molecule has 8 heteroatoms. The van der Waals surface area contributed by atoms with Crippen LogP contribution in [0.2, 0.25) is 5.02 Å². The van der Waals surface area contributed by atoms with Gasteiger partial charge >= 0.3 is 0 Å². The zero-order valence-electron chi connectivity index (χ0n) is 16.4. The first-order chi connectivity index (χ1) is 13.5. The molecule has 0 aliphatic carbocycles. The third-order valence-electron chi connectivity index (χ3n) is 5.68. The van der Waals surface area contributed by atoms with Crippen LogP contribution in [-0.4, -0.2) is 70.7 Å². The minimum Gasteiger partial charge on any atom is -0.348 e. The van der Waals surface area contributed by atoms with Gasteiger partial charge in [0.25, 0.3) is 5.91 Å². The molecule has 0 spiro atoms. The van der Waals surface area contributed by atoms with Crippen LogP contribution in [0.5, 0.6) is 0 Å². The van der Waals surface area contributed by atoms with Gasteiger partial charge in [-0.15, -0.1) is 10.2 Å². The van der Waals surface area contributed by atoms with Crippen LogP contribution in [0.1, 0.15) is 22.0 Å². The quantitative estimate of drug-likeness (QED) is 0.793. The lowest BCUT2D eigenvalue weighted by Gasteiger charge is -2.25. The second-order valence-corrected chi connectivity index (χ2v) is 8.59. The smallest absolute Gasteiger partial charge is 0.289 e. The maximum Gasteiger partial charge on any atom is 0.289 e. The Morgan fingerprint density at radius 1 is 1.25 bits per heavy atom. The number of nitrogens with one attached hydrogen (secondary N) is 1. The van der Waals surface area contributed by atoms with Crippen molar-refractivity contribution in [2.24, 2.45) is 11.8 Å². The molecular weight excluding hydrogens is 376 g/mol. The first-order valence-electron chi connectivity index (χ1n) is 9.81. The fraction of sp³-hybridized carbons (Fsp3) is 0.550. The van der Waals surface area contributed by atoms with Gasteiger partial charge in [-0.2, -0.15) is 0 Å². The standard InChI is InChI=1S/C20H27ClN6O/c1-25(2)7-6-22-20(28)19-24-23-18-9-15-11-26(12-16(15)13-27(18)19)10-14-4-3-5-17(21)8-14/h3-5,8,15-16H,6-7,9-13H2,1-2H3,(H,22,28). The maximum atomic E-state index is 12.5. The minimum atomic E-state index is -0.132. The van der Waals surface area contributed by atoms with Crippen molar-refractivity contribution in [2.45, 2.75) is 19.5 Å².